The van der Waals surface area contributed by atoms with Crippen LogP contribution in [0.5, 0.6) is 5.75 Å². The fourth-order valence-electron chi connectivity index (χ4n) is 3.50. The van der Waals surface area contributed by atoms with Gasteiger partial charge in [0.2, 0.25) is 0 Å². The van der Waals surface area contributed by atoms with Crippen molar-refractivity contribution in [2.75, 3.05) is 19.2 Å². The highest BCUT2D eigenvalue weighted by Crippen LogP contribution is 2.37. The van der Waals surface area contributed by atoms with E-state index in [4.69, 9.17) is 21.3 Å². The molecular weight excluding hydrogens is 461 g/mol. The molecule has 0 aliphatic heterocycles. The summed E-state index contributed by atoms with van der Waals surface area (Å²) in [7, 11) is 2.59. The maximum atomic E-state index is 14.0. The molecule has 0 bridgehead atoms. The van der Waals surface area contributed by atoms with E-state index in [1.54, 1.807) is 24.3 Å². The molecule has 0 aliphatic carbocycles. The number of benzene rings is 3. The van der Waals surface area contributed by atoms with Crippen molar-refractivity contribution in [3.8, 4) is 17.0 Å². The van der Waals surface area contributed by atoms with Crippen molar-refractivity contribution in [1.29, 1.82) is 0 Å². The van der Waals surface area contributed by atoms with Gasteiger partial charge in [-0.1, -0.05) is 60.1 Å². The Kier molecular flexibility index (Phi) is 6.60. The lowest BCUT2D eigenvalue weighted by Gasteiger charge is -2.25. The molecule has 3 aromatic carbocycles. The Morgan fingerprint density at radius 2 is 1.71 bits per heavy atom. The van der Waals surface area contributed by atoms with Gasteiger partial charge in [0, 0.05) is 10.9 Å². The third-order valence-electron chi connectivity index (χ3n) is 5.07. The molecule has 0 radical (unpaired) electrons. The van der Waals surface area contributed by atoms with Gasteiger partial charge in [0.05, 0.1) is 36.0 Å². The lowest BCUT2D eigenvalue weighted by atomic mass is 10.0. The molecule has 0 saturated carbocycles. The SMILES string of the molecule is COC(=O)NN(C(=O)c1c(OC)c(-c2ccccc2)nc2ccccc12)c1ccc(F)c(Cl)c1. The Hall–Kier alpha value is -4.17. The molecule has 0 aliphatic rings. The van der Waals surface area contributed by atoms with Gasteiger partial charge < -0.3 is 9.47 Å². The molecule has 34 heavy (non-hydrogen) atoms. The number of carbonyl (C=O) groups excluding carboxylic acids is 2. The maximum Gasteiger partial charge on any atom is 0.426 e. The van der Waals surface area contributed by atoms with Gasteiger partial charge in [-0.2, -0.15) is 0 Å². The number of halogens is 2. The number of hydrogen-bond donors (Lipinski definition) is 1. The van der Waals surface area contributed by atoms with Gasteiger partial charge in [-0.05, 0) is 24.3 Å². The van der Waals surface area contributed by atoms with Crippen molar-refractivity contribution in [2.45, 2.75) is 0 Å². The molecule has 172 valence electrons. The summed E-state index contributed by atoms with van der Waals surface area (Å²) >= 11 is 5.95. The van der Waals surface area contributed by atoms with Crippen molar-refractivity contribution >= 4 is 40.2 Å². The number of pyridine rings is 1. The average molecular weight is 480 g/mol. The molecule has 1 heterocycles. The lowest BCUT2D eigenvalue weighted by Crippen LogP contribution is -2.46. The number of fused-ring (bicyclic) bond motifs is 1. The first kappa shape index (κ1) is 23.0. The minimum Gasteiger partial charge on any atom is -0.494 e. The van der Waals surface area contributed by atoms with Gasteiger partial charge in [-0.25, -0.2) is 24.6 Å². The Bertz CT molecular complexity index is 1380. The van der Waals surface area contributed by atoms with Crippen LogP contribution in [0.3, 0.4) is 0 Å². The van der Waals surface area contributed by atoms with Crippen LogP contribution in [0.4, 0.5) is 14.9 Å². The van der Waals surface area contributed by atoms with Crippen LogP contribution in [0.15, 0.2) is 72.8 Å². The summed E-state index contributed by atoms with van der Waals surface area (Å²) in [6.45, 7) is 0. The first-order chi connectivity index (χ1) is 16.4. The molecule has 2 amide bonds. The van der Waals surface area contributed by atoms with Crippen LogP contribution in [-0.2, 0) is 4.74 Å². The highest BCUT2D eigenvalue weighted by molar-refractivity contribution is 6.31. The molecule has 4 rings (SSSR count). The predicted molar refractivity (Wildman–Crippen MR) is 127 cm³/mol. The monoisotopic (exact) mass is 479 g/mol. The summed E-state index contributed by atoms with van der Waals surface area (Å²) in [5, 5.41) is 1.20. The molecule has 4 aromatic rings. The molecule has 0 unspecified atom stereocenters. The minimum absolute atomic E-state index is 0.117. The van der Waals surface area contributed by atoms with Gasteiger partial charge in [-0.15, -0.1) is 0 Å². The Balaban J connectivity index is 1.98. The summed E-state index contributed by atoms with van der Waals surface area (Å²) < 4.78 is 24.2. The van der Waals surface area contributed by atoms with Gasteiger partial charge >= 0.3 is 6.09 Å². The number of para-hydroxylation sites is 1. The molecule has 0 fully saturated rings. The van der Waals surface area contributed by atoms with Crippen LogP contribution in [0.2, 0.25) is 5.02 Å². The Morgan fingerprint density at radius 1 is 1.00 bits per heavy atom. The number of methoxy groups -OCH3 is 2. The second kappa shape index (κ2) is 9.76. The van der Waals surface area contributed by atoms with Crippen molar-refractivity contribution in [3.05, 3.63) is 89.2 Å². The van der Waals surface area contributed by atoms with Gasteiger partial charge in [-0.3, -0.25) is 4.79 Å². The van der Waals surface area contributed by atoms with E-state index in [1.165, 1.54) is 19.2 Å². The fourth-order valence-corrected chi connectivity index (χ4v) is 3.68. The minimum atomic E-state index is -0.908. The quantitative estimate of drug-likeness (QED) is 0.384. The second-order valence-electron chi connectivity index (χ2n) is 7.09. The number of hydrogen-bond acceptors (Lipinski definition) is 5. The molecule has 1 N–H and O–H groups in total. The van der Waals surface area contributed by atoms with E-state index in [1.807, 2.05) is 30.3 Å². The number of ether oxygens (including phenoxy) is 2. The fraction of sp³-hybridized carbons (Fsp3) is 0.0800. The van der Waals surface area contributed by atoms with Crippen LogP contribution >= 0.6 is 11.6 Å². The molecule has 0 spiro atoms. The van der Waals surface area contributed by atoms with Crippen LogP contribution in [0, 0.1) is 5.82 Å². The zero-order valence-corrected chi connectivity index (χ0v) is 19.0. The smallest absolute Gasteiger partial charge is 0.426 e. The number of aromatic nitrogens is 1. The zero-order chi connectivity index (χ0) is 24.2. The van der Waals surface area contributed by atoms with Gasteiger partial charge in [0.15, 0.2) is 5.75 Å². The lowest BCUT2D eigenvalue weighted by molar-refractivity contribution is 0.0963. The van der Waals surface area contributed by atoms with Crippen LogP contribution in [0.25, 0.3) is 22.2 Å². The summed E-state index contributed by atoms with van der Waals surface area (Å²) in [5.41, 5.74) is 4.35. The average Bonchev–Trinajstić information content (AvgIpc) is 2.87. The van der Waals surface area contributed by atoms with Crippen molar-refractivity contribution < 1.29 is 23.5 Å². The number of anilines is 1. The molecule has 0 saturated heterocycles. The Morgan fingerprint density at radius 3 is 2.38 bits per heavy atom. The first-order valence-corrected chi connectivity index (χ1v) is 10.5. The number of carbonyl (C=O) groups is 2. The number of hydrazine groups is 1. The van der Waals surface area contributed by atoms with Crippen LogP contribution in [0.1, 0.15) is 10.4 Å². The van der Waals surface area contributed by atoms with Crippen molar-refractivity contribution in [3.63, 3.8) is 0 Å². The van der Waals surface area contributed by atoms with E-state index >= 15 is 0 Å². The number of rotatable bonds is 4. The van der Waals surface area contributed by atoms with E-state index in [-0.39, 0.29) is 22.0 Å². The van der Waals surface area contributed by atoms with Crippen molar-refractivity contribution in [1.82, 2.24) is 10.4 Å². The largest absolute Gasteiger partial charge is 0.494 e. The van der Waals surface area contributed by atoms with E-state index in [0.29, 0.717) is 16.6 Å². The predicted octanol–water partition coefficient (Wildman–Crippen LogP) is 5.62. The third kappa shape index (κ3) is 4.35. The first-order valence-electron chi connectivity index (χ1n) is 10.1. The normalized spacial score (nSPS) is 10.6. The standard InChI is InChI=1S/C25H19ClFN3O4/c1-33-23-21(17-10-6-7-11-20(17)28-22(23)15-8-4-3-5-9-15)24(31)30(29-25(32)34-2)16-12-13-19(27)18(26)14-16/h3-14H,1-2H3,(H,29,32). The number of nitrogens with zero attached hydrogens (tertiary/aromatic N) is 2. The van der Waals surface area contributed by atoms with E-state index < -0.39 is 17.8 Å². The summed E-state index contributed by atoms with van der Waals surface area (Å²) in [4.78, 5) is 30.8. The van der Waals surface area contributed by atoms with Gasteiger partial charge in [0.25, 0.3) is 5.91 Å². The van der Waals surface area contributed by atoms with Crippen LogP contribution < -0.4 is 15.2 Å². The highest BCUT2D eigenvalue weighted by atomic mass is 35.5. The topological polar surface area (TPSA) is 80.8 Å². The second-order valence-corrected chi connectivity index (χ2v) is 7.50. The van der Waals surface area contributed by atoms with E-state index in [2.05, 4.69) is 10.2 Å². The molecule has 7 nitrogen and oxygen atoms in total. The van der Waals surface area contributed by atoms with E-state index in [0.717, 1.165) is 23.7 Å². The number of amides is 2. The molecule has 0 atom stereocenters. The molecular formula is C25H19ClFN3O4. The highest BCUT2D eigenvalue weighted by Gasteiger charge is 2.29. The summed E-state index contributed by atoms with van der Waals surface area (Å²) in [5.74, 6) is -1.13. The molecule has 9 heteroatoms. The molecule has 1 aromatic heterocycles. The third-order valence-corrected chi connectivity index (χ3v) is 5.36. The summed E-state index contributed by atoms with van der Waals surface area (Å²) in [6.07, 6.45) is -0.908. The van der Waals surface area contributed by atoms with E-state index in [9.17, 15) is 14.0 Å². The summed E-state index contributed by atoms with van der Waals surface area (Å²) in [6, 6.07) is 19.9. The number of nitrogens with one attached hydrogen (secondary N) is 1. The zero-order valence-electron chi connectivity index (χ0n) is 18.2. The maximum absolute atomic E-state index is 14.0. The van der Waals surface area contributed by atoms with Crippen LogP contribution in [-0.4, -0.2) is 31.2 Å². The van der Waals surface area contributed by atoms with Gasteiger partial charge in [0.1, 0.15) is 11.5 Å². The Labute approximate surface area is 199 Å². The van der Waals surface area contributed by atoms with Crippen molar-refractivity contribution in [2.24, 2.45) is 0 Å².